The van der Waals surface area contributed by atoms with Crippen LogP contribution in [0.2, 0.25) is 0 Å². The van der Waals surface area contributed by atoms with Crippen molar-refractivity contribution < 1.29 is 4.74 Å². The molecule has 17 heavy (non-hydrogen) atoms. The van der Waals surface area contributed by atoms with Crippen LogP contribution in [0.15, 0.2) is 30.3 Å². The first-order valence-corrected chi connectivity index (χ1v) is 6.33. The fourth-order valence-corrected chi connectivity index (χ4v) is 1.80. The van der Waals surface area contributed by atoms with Crippen molar-refractivity contribution in [2.24, 2.45) is 5.41 Å². The second kappa shape index (κ2) is 6.77. The molecule has 0 aliphatic heterocycles. The lowest BCUT2D eigenvalue weighted by Crippen LogP contribution is -2.41. The molecule has 0 fully saturated rings. The summed E-state index contributed by atoms with van der Waals surface area (Å²) in [6, 6.07) is 10.9. The summed E-state index contributed by atoms with van der Waals surface area (Å²) >= 11 is 0. The van der Waals surface area contributed by atoms with Gasteiger partial charge in [0.05, 0.1) is 13.2 Å². The Bertz CT molecular complexity index is 302. The highest BCUT2D eigenvalue weighted by Gasteiger charge is 2.22. The minimum absolute atomic E-state index is 0.238. The first-order chi connectivity index (χ1) is 8.04. The van der Waals surface area contributed by atoms with E-state index in [1.54, 1.807) is 0 Å². The molecule has 0 heterocycles. The van der Waals surface area contributed by atoms with Crippen molar-refractivity contribution in [3.05, 3.63) is 35.9 Å². The Morgan fingerprint density at radius 3 is 2.35 bits per heavy atom. The molecule has 0 aromatic heterocycles. The van der Waals surface area contributed by atoms with Gasteiger partial charge in [-0.05, 0) is 24.4 Å². The Morgan fingerprint density at radius 2 is 1.82 bits per heavy atom. The molecule has 0 radical (unpaired) electrons. The molecule has 0 spiro atoms. The van der Waals surface area contributed by atoms with Gasteiger partial charge >= 0.3 is 0 Å². The third-order valence-electron chi connectivity index (χ3n) is 3.06. The molecule has 96 valence electrons. The largest absolute Gasteiger partial charge is 0.379 e. The highest BCUT2D eigenvalue weighted by Crippen LogP contribution is 2.19. The number of rotatable bonds is 6. The van der Waals surface area contributed by atoms with Gasteiger partial charge in [0.1, 0.15) is 0 Å². The van der Waals surface area contributed by atoms with E-state index >= 15 is 0 Å². The summed E-state index contributed by atoms with van der Waals surface area (Å²) in [6.07, 6.45) is 0.988. The summed E-state index contributed by atoms with van der Waals surface area (Å²) in [7, 11) is 2.00. The first-order valence-electron chi connectivity index (χ1n) is 6.33. The van der Waals surface area contributed by atoms with Crippen LogP contribution in [0.3, 0.4) is 0 Å². The number of hydrogen-bond acceptors (Lipinski definition) is 2. The van der Waals surface area contributed by atoms with Crippen molar-refractivity contribution in [2.45, 2.75) is 33.2 Å². The average molecular weight is 235 g/mol. The molecule has 1 rings (SSSR count). The third-order valence-corrected chi connectivity index (χ3v) is 3.06. The van der Waals surface area contributed by atoms with E-state index < -0.39 is 0 Å². The van der Waals surface area contributed by atoms with Crippen molar-refractivity contribution in [1.82, 2.24) is 5.32 Å². The monoisotopic (exact) mass is 235 g/mol. The summed E-state index contributed by atoms with van der Waals surface area (Å²) in [6.45, 7) is 8.25. The topological polar surface area (TPSA) is 21.3 Å². The van der Waals surface area contributed by atoms with Crippen LogP contribution < -0.4 is 5.32 Å². The average Bonchev–Trinajstić information content (AvgIpc) is 2.28. The van der Waals surface area contributed by atoms with E-state index in [-0.39, 0.29) is 5.41 Å². The van der Waals surface area contributed by atoms with E-state index in [1.807, 2.05) is 13.1 Å². The van der Waals surface area contributed by atoms with Crippen LogP contribution in [-0.2, 0) is 11.2 Å². The molecule has 1 aromatic rings. The number of ether oxygens (including phenoxy) is 1. The van der Waals surface area contributed by atoms with Crippen molar-refractivity contribution in [3.63, 3.8) is 0 Å². The van der Waals surface area contributed by atoms with Crippen LogP contribution >= 0.6 is 0 Å². The van der Waals surface area contributed by atoms with E-state index in [9.17, 15) is 0 Å². The molecule has 1 unspecified atom stereocenters. The molecule has 1 N–H and O–H groups in total. The predicted molar refractivity (Wildman–Crippen MR) is 73.3 cm³/mol. The smallest absolute Gasteiger partial charge is 0.0624 e. The molecule has 0 aliphatic rings. The summed E-state index contributed by atoms with van der Waals surface area (Å²) in [5.74, 6) is 0. The fourth-order valence-electron chi connectivity index (χ4n) is 1.80. The van der Waals surface area contributed by atoms with Crippen LogP contribution in [0.1, 0.15) is 26.3 Å². The van der Waals surface area contributed by atoms with E-state index in [2.05, 4.69) is 50.4 Å². The molecule has 0 saturated carbocycles. The molecule has 2 heteroatoms. The Hall–Kier alpha value is -0.860. The lowest BCUT2D eigenvalue weighted by Gasteiger charge is -2.30. The lowest BCUT2D eigenvalue weighted by atomic mass is 9.87. The Balaban J connectivity index is 2.24. The second-order valence-corrected chi connectivity index (χ2v) is 5.52. The summed E-state index contributed by atoms with van der Waals surface area (Å²) < 4.78 is 5.75. The van der Waals surface area contributed by atoms with E-state index in [1.165, 1.54) is 5.56 Å². The normalized spacial score (nSPS) is 13.6. The summed E-state index contributed by atoms with van der Waals surface area (Å²) in [5.41, 5.74) is 1.57. The zero-order valence-corrected chi connectivity index (χ0v) is 11.5. The van der Waals surface area contributed by atoms with Gasteiger partial charge in [-0.2, -0.15) is 0 Å². The first kappa shape index (κ1) is 14.2. The SMILES string of the molecule is CNC(COCCc1ccccc1)C(C)(C)C. The molecule has 0 saturated heterocycles. The number of nitrogens with one attached hydrogen (secondary N) is 1. The molecule has 1 aromatic carbocycles. The molecular formula is C15H25NO. The quantitative estimate of drug-likeness (QED) is 0.766. The minimum Gasteiger partial charge on any atom is -0.379 e. The molecule has 2 nitrogen and oxygen atoms in total. The van der Waals surface area contributed by atoms with Crippen LogP contribution in [0.4, 0.5) is 0 Å². The van der Waals surface area contributed by atoms with Gasteiger partial charge in [0.25, 0.3) is 0 Å². The number of hydrogen-bond donors (Lipinski definition) is 1. The zero-order chi connectivity index (χ0) is 12.7. The number of benzene rings is 1. The van der Waals surface area contributed by atoms with Crippen molar-refractivity contribution >= 4 is 0 Å². The zero-order valence-electron chi connectivity index (χ0n) is 11.5. The van der Waals surface area contributed by atoms with Gasteiger partial charge in [-0.1, -0.05) is 51.1 Å². The van der Waals surface area contributed by atoms with Crippen LogP contribution in [-0.4, -0.2) is 26.3 Å². The maximum Gasteiger partial charge on any atom is 0.0624 e. The van der Waals surface area contributed by atoms with Gasteiger partial charge in [0.15, 0.2) is 0 Å². The Labute approximate surface area is 105 Å². The second-order valence-electron chi connectivity index (χ2n) is 5.52. The summed E-state index contributed by atoms with van der Waals surface area (Å²) in [5, 5.41) is 3.32. The van der Waals surface area contributed by atoms with Gasteiger partial charge < -0.3 is 10.1 Å². The third kappa shape index (κ3) is 5.33. The van der Waals surface area contributed by atoms with E-state index in [0.29, 0.717) is 6.04 Å². The predicted octanol–water partition coefficient (Wildman–Crippen LogP) is 2.88. The Morgan fingerprint density at radius 1 is 1.18 bits per heavy atom. The maximum absolute atomic E-state index is 5.75. The maximum atomic E-state index is 5.75. The molecule has 0 aliphatic carbocycles. The highest BCUT2D eigenvalue weighted by atomic mass is 16.5. The van der Waals surface area contributed by atoms with Crippen LogP contribution in [0.25, 0.3) is 0 Å². The van der Waals surface area contributed by atoms with Crippen LogP contribution in [0.5, 0.6) is 0 Å². The minimum atomic E-state index is 0.238. The standard InChI is InChI=1S/C15H25NO/c1-15(2,3)14(16-4)12-17-11-10-13-8-6-5-7-9-13/h5-9,14,16H,10-12H2,1-4H3. The van der Waals surface area contributed by atoms with Gasteiger partial charge in [-0.3, -0.25) is 0 Å². The Kier molecular flexibility index (Phi) is 5.66. The molecular weight excluding hydrogens is 210 g/mol. The van der Waals surface area contributed by atoms with Crippen molar-refractivity contribution in [3.8, 4) is 0 Å². The highest BCUT2D eigenvalue weighted by molar-refractivity contribution is 5.14. The number of likely N-dealkylation sites (N-methyl/N-ethyl adjacent to an activating group) is 1. The van der Waals surface area contributed by atoms with Crippen molar-refractivity contribution in [2.75, 3.05) is 20.3 Å². The van der Waals surface area contributed by atoms with Gasteiger partial charge in [-0.15, -0.1) is 0 Å². The molecule has 0 bridgehead atoms. The fraction of sp³-hybridized carbons (Fsp3) is 0.600. The van der Waals surface area contributed by atoms with E-state index in [4.69, 9.17) is 4.74 Å². The van der Waals surface area contributed by atoms with Crippen LogP contribution in [0, 0.1) is 5.41 Å². The molecule has 0 amide bonds. The van der Waals surface area contributed by atoms with Gasteiger partial charge in [-0.25, -0.2) is 0 Å². The van der Waals surface area contributed by atoms with Gasteiger partial charge in [0, 0.05) is 6.04 Å². The summed E-state index contributed by atoms with van der Waals surface area (Å²) in [4.78, 5) is 0. The lowest BCUT2D eigenvalue weighted by molar-refractivity contribution is 0.0805. The molecule has 1 atom stereocenters. The van der Waals surface area contributed by atoms with Crippen molar-refractivity contribution in [1.29, 1.82) is 0 Å². The van der Waals surface area contributed by atoms with Gasteiger partial charge in [0.2, 0.25) is 0 Å². The van der Waals surface area contributed by atoms with E-state index in [0.717, 1.165) is 19.6 Å².